The molecule has 1 N–H and O–H groups in total. The molecule has 0 unspecified atom stereocenters. The molecule has 1 amide bonds. The average molecular weight is 337 g/mol. The zero-order valence-electron chi connectivity index (χ0n) is 14.2. The van der Waals surface area contributed by atoms with E-state index >= 15 is 0 Å². The fraction of sp³-hybridized carbons (Fsp3) is 0.286. The molecule has 25 heavy (non-hydrogen) atoms. The van der Waals surface area contributed by atoms with Crippen molar-refractivity contribution in [3.8, 4) is 11.1 Å². The molecule has 2 aromatic carbocycles. The summed E-state index contributed by atoms with van der Waals surface area (Å²) in [5, 5.41) is 2.76. The van der Waals surface area contributed by atoms with Crippen LogP contribution < -0.4 is 5.32 Å². The van der Waals surface area contributed by atoms with Gasteiger partial charge in [0, 0.05) is 19.1 Å². The molecule has 3 rings (SSSR count). The number of hydrogen-bond donors (Lipinski definition) is 1. The third kappa shape index (κ3) is 4.09. The number of amides is 1. The predicted molar refractivity (Wildman–Crippen MR) is 98.7 cm³/mol. The summed E-state index contributed by atoms with van der Waals surface area (Å²) < 4.78 is 10.7. The smallest absolute Gasteiger partial charge is 0.407 e. The van der Waals surface area contributed by atoms with Crippen LogP contribution in [-0.2, 0) is 9.47 Å². The molecule has 1 aliphatic carbocycles. The van der Waals surface area contributed by atoms with E-state index in [9.17, 15) is 4.79 Å². The van der Waals surface area contributed by atoms with Gasteiger partial charge >= 0.3 is 6.09 Å². The summed E-state index contributed by atoms with van der Waals surface area (Å²) in [6, 6.07) is 16.6. The van der Waals surface area contributed by atoms with Crippen LogP contribution in [0.5, 0.6) is 0 Å². The highest BCUT2D eigenvalue weighted by Gasteiger charge is 2.28. The van der Waals surface area contributed by atoms with Crippen molar-refractivity contribution in [2.75, 3.05) is 26.4 Å². The van der Waals surface area contributed by atoms with Crippen molar-refractivity contribution in [2.24, 2.45) is 0 Å². The second kappa shape index (κ2) is 8.49. The van der Waals surface area contributed by atoms with E-state index in [0.29, 0.717) is 26.4 Å². The first-order chi connectivity index (χ1) is 12.3. The van der Waals surface area contributed by atoms with E-state index in [1.165, 1.54) is 22.3 Å². The molecule has 0 aromatic heterocycles. The molecule has 130 valence electrons. The van der Waals surface area contributed by atoms with Gasteiger partial charge in [-0.2, -0.15) is 0 Å². The summed E-state index contributed by atoms with van der Waals surface area (Å²) in [7, 11) is 0. The number of hydrogen-bond acceptors (Lipinski definition) is 3. The first kappa shape index (κ1) is 17.2. The van der Waals surface area contributed by atoms with E-state index in [2.05, 4.69) is 36.2 Å². The van der Waals surface area contributed by atoms with Gasteiger partial charge in [-0.05, 0) is 28.7 Å². The molecular weight excluding hydrogens is 314 g/mol. The van der Waals surface area contributed by atoms with Crippen LogP contribution in [0.1, 0.15) is 23.5 Å². The van der Waals surface area contributed by atoms with E-state index in [-0.39, 0.29) is 12.0 Å². The topological polar surface area (TPSA) is 47.6 Å². The Hall–Kier alpha value is -2.59. The number of rotatable bonds is 8. The summed E-state index contributed by atoms with van der Waals surface area (Å²) in [5.74, 6) is 0.0917. The normalized spacial score (nSPS) is 12.3. The Morgan fingerprint density at radius 2 is 1.72 bits per heavy atom. The lowest BCUT2D eigenvalue weighted by Gasteiger charge is -2.14. The maximum Gasteiger partial charge on any atom is 0.407 e. The van der Waals surface area contributed by atoms with Crippen LogP contribution in [0.15, 0.2) is 61.2 Å². The molecule has 0 saturated carbocycles. The number of carbonyl (C=O) groups excluding carboxylic acids is 1. The van der Waals surface area contributed by atoms with Crippen molar-refractivity contribution in [1.82, 2.24) is 5.32 Å². The minimum atomic E-state index is -0.384. The maximum absolute atomic E-state index is 11.9. The molecule has 0 fully saturated rings. The molecule has 0 aliphatic heterocycles. The Balaban J connectivity index is 1.53. The Morgan fingerprint density at radius 1 is 1.08 bits per heavy atom. The Morgan fingerprint density at radius 3 is 2.36 bits per heavy atom. The zero-order valence-corrected chi connectivity index (χ0v) is 14.2. The third-order valence-electron chi connectivity index (χ3n) is 4.31. The van der Waals surface area contributed by atoms with Gasteiger partial charge in [0.15, 0.2) is 0 Å². The quantitative estimate of drug-likeness (QED) is 0.582. The Kier molecular flexibility index (Phi) is 5.86. The summed E-state index contributed by atoms with van der Waals surface area (Å²) in [6.45, 7) is 5.59. The number of alkyl carbamates (subject to hydrolysis) is 1. The van der Waals surface area contributed by atoms with Gasteiger partial charge in [-0.15, -0.1) is 6.58 Å². The van der Waals surface area contributed by atoms with Gasteiger partial charge in [0.2, 0.25) is 0 Å². The lowest BCUT2D eigenvalue weighted by Crippen LogP contribution is -2.27. The fourth-order valence-corrected chi connectivity index (χ4v) is 3.18. The zero-order chi connectivity index (χ0) is 17.5. The standard InChI is InChI=1S/C21H23NO3/c1-2-13-24-14-7-12-22-21(23)25-15-20-18-10-5-3-8-16(18)17-9-4-6-11-19(17)20/h2-6,8-11,20H,1,7,12-15H2,(H,22,23). The SMILES string of the molecule is C=CCOCCCNC(=O)OCC1c2ccccc2-c2ccccc21. The van der Waals surface area contributed by atoms with Gasteiger partial charge < -0.3 is 14.8 Å². The number of benzene rings is 2. The van der Waals surface area contributed by atoms with E-state index < -0.39 is 0 Å². The molecule has 0 atom stereocenters. The predicted octanol–water partition coefficient (Wildman–Crippen LogP) is 4.12. The largest absolute Gasteiger partial charge is 0.449 e. The monoisotopic (exact) mass is 337 g/mol. The first-order valence-electron chi connectivity index (χ1n) is 8.58. The van der Waals surface area contributed by atoms with Gasteiger partial charge in [0.25, 0.3) is 0 Å². The second-order valence-corrected chi connectivity index (χ2v) is 5.97. The summed E-state index contributed by atoms with van der Waals surface area (Å²) in [4.78, 5) is 11.9. The average Bonchev–Trinajstić information content (AvgIpc) is 2.97. The summed E-state index contributed by atoms with van der Waals surface area (Å²) in [5.41, 5.74) is 4.89. The molecule has 0 radical (unpaired) electrons. The fourth-order valence-electron chi connectivity index (χ4n) is 3.18. The molecule has 0 spiro atoms. The van der Waals surface area contributed by atoms with Gasteiger partial charge in [0.05, 0.1) is 6.61 Å². The number of fused-ring (bicyclic) bond motifs is 3. The Bertz CT molecular complexity index is 696. The maximum atomic E-state index is 11.9. The van der Waals surface area contributed by atoms with E-state index in [0.717, 1.165) is 6.42 Å². The minimum absolute atomic E-state index is 0.0917. The van der Waals surface area contributed by atoms with E-state index in [1.807, 2.05) is 24.3 Å². The van der Waals surface area contributed by atoms with E-state index in [4.69, 9.17) is 9.47 Å². The molecule has 1 aliphatic rings. The molecule has 0 heterocycles. The van der Waals surface area contributed by atoms with Crippen LogP contribution in [-0.4, -0.2) is 32.5 Å². The minimum Gasteiger partial charge on any atom is -0.449 e. The van der Waals surface area contributed by atoms with Crippen LogP contribution in [0, 0.1) is 0 Å². The van der Waals surface area contributed by atoms with Gasteiger partial charge in [-0.25, -0.2) is 4.79 Å². The molecule has 0 bridgehead atoms. The van der Waals surface area contributed by atoms with Crippen LogP contribution in [0.2, 0.25) is 0 Å². The first-order valence-corrected chi connectivity index (χ1v) is 8.58. The van der Waals surface area contributed by atoms with Gasteiger partial charge in [-0.1, -0.05) is 54.6 Å². The number of carbonyl (C=O) groups is 1. The number of ether oxygens (including phenoxy) is 2. The molecule has 4 heteroatoms. The van der Waals surface area contributed by atoms with Crippen molar-refractivity contribution in [3.63, 3.8) is 0 Å². The van der Waals surface area contributed by atoms with Crippen molar-refractivity contribution in [2.45, 2.75) is 12.3 Å². The van der Waals surface area contributed by atoms with Crippen LogP contribution >= 0.6 is 0 Å². The Labute approximate surface area is 148 Å². The van der Waals surface area contributed by atoms with Crippen molar-refractivity contribution < 1.29 is 14.3 Å². The van der Waals surface area contributed by atoms with Crippen LogP contribution in [0.25, 0.3) is 11.1 Å². The van der Waals surface area contributed by atoms with Crippen molar-refractivity contribution in [3.05, 3.63) is 72.3 Å². The van der Waals surface area contributed by atoms with Gasteiger partial charge in [0.1, 0.15) is 6.61 Å². The lowest BCUT2D eigenvalue weighted by molar-refractivity contribution is 0.137. The summed E-state index contributed by atoms with van der Waals surface area (Å²) in [6.07, 6.45) is 2.07. The summed E-state index contributed by atoms with van der Waals surface area (Å²) >= 11 is 0. The molecule has 0 saturated heterocycles. The van der Waals surface area contributed by atoms with Crippen molar-refractivity contribution >= 4 is 6.09 Å². The molecular formula is C21H23NO3. The van der Waals surface area contributed by atoms with E-state index in [1.54, 1.807) is 6.08 Å². The highest BCUT2D eigenvalue weighted by atomic mass is 16.5. The number of nitrogens with one attached hydrogen (secondary N) is 1. The molecule has 4 nitrogen and oxygen atoms in total. The van der Waals surface area contributed by atoms with Crippen LogP contribution in [0.3, 0.4) is 0 Å². The highest BCUT2D eigenvalue weighted by molar-refractivity contribution is 5.79. The third-order valence-corrected chi connectivity index (χ3v) is 4.31. The van der Waals surface area contributed by atoms with Crippen LogP contribution in [0.4, 0.5) is 4.79 Å². The van der Waals surface area contributed by atoms with Crippen molar-refractivity contribution in [1.29, 1.82) is 0 Å². The molecule has 2 aromatic rings. The highest BCUT2D eigenvalue weighted by Crippen LogP contribution is 2.44. The lowest BCUT2D eigenvalue weighted by atomic mass is 9.98. The second-order valence-electron chi connectivity index (χ2n) is 5.97. The van der Waals surface area contributed by atoms with Gasteiger partial charge in [-0.3, -0.25) is 0 Å².